The van der Waals surface area contributed by atoms with Crippen LogP contribution in [0.1, 0.15) is 0 Å². The number of hydrogen-bond donors (Lipinski definition) is 1. The first-order valence-electron chi connectivity index (χ1n) is 5.10. The van der Waals surface area contributed by atoms with E-state index in [2.05, 4.69) is 10.3 Å². The molecule has 2 aliphatic heterocycles. The standard InChI is InChI=1S/C11H12N2O2.ClH/c1-2-4-9-8(3-1)14-7-10(15-9)11-12-5-6-13-11;/h1-4,10H,5-7H2,(H,12,13);1H/t10-;/m1./s1. The number of fused-ring (bicyclic) bond motifs is 1. The summed E-state index contributed by atoms with van der Waals surface area (Å²) in [5.41, 5.74) is 0. The largest absolute Gasteiger partial charge is 0.485 e. The van der Waals surface area contributed by atoms with E-state index in [0.29, 0.717) is 6.61 Å². The van der Waals surface area contributed by atoms with Gasteiger partial charge in [-0.2, -0.15) is 0 Å². The number of nitrogens with zero attached hydrogens (tertiary/aromatic N) is 1. The number of rotatable bonds is 1. The van der Waals surface area contributed by atoms with Gasteiger partial charge in [0.2, 0.25) is 0 Å². The molecule has 3 rings (SSSR count). The molecule has 86 valence electrons. The van der Waals surface area contributed by atoms with E-state index in [1.54, 1.807) is 0 Å². The summed E-state index contributed by atoms with van der Waals surface area (Å²) in [5, 5.41) is 3.20. The molecule has 0 radical (unpaired) electrons. The molecule has 2 heterocycles. The topological polar surface area (TPSA) is 42.8 Å². The Morgan fingerprint density at radius 3 is 2.81 bits per heavy atom. The van der Waals surface area contributed by atoms with E-state index in [0.717, 1.165) is 30.4 Å². The number of ether oxygens (including phenoxy) is 2. The molecule has 5 heteroatoms. The highest BCUT2D eigenvalue weighted by Gasteiger charge is 2.26. The number of para-hydroxylation sites is 2. The quantitative estimate of drug-likeness (QED) is 0.804. The summed E-state index contributed by atoms with van der Waals surface area (Å²) in [6.45, 7) is 2.26. The van der Waals surface area contributed by atoms with Crippen molar-refractivity contribution in [2.75, 3.05) is 19.7 Å². The van der Waals surface area contributed by atoms with Crippen LogP contribution in [0, 0.1) is 0 Å². The number of hydrogen-bond acceptors (Lipinski definition) is 4. The second kappa shape index (κ2) is 4.61. The van der Waals surface area contributed by atoms with Gasteiger partial charge in [-0.3, -0.25) is 4.99 Å². The van der Waals surface area contributed by atoms with Crippen molar-refractivity contribution in [2.24, 2.45) is 4.99 Å². The van der Waals surface area contributed by atoms with Gasteiger partial charge in [-0.05, 0) is 12.1 Å². The summed E-state index contributed by atoms with van der Waals surface area (Å²) in [5.74, 6) is 2.52. The summed E-state index contributed by atoms with van der Waals surface area (Å²) in [6, 6.07) is 7.70. The molecule has 0 unspecified atom stereocenters. The Labute approximate surface area is 100 Å². The van der Waals surface area contributed by atoms with E-state index < -0.39 is 0 Å². The molecule has 0 fully saturated rings. The molecular formula is C11H13ClN2O2. The lowest BCUT2D eigenvalue weighted by Crippen LogP contribution is -2.42. The second-order valence-corrected chi connectivity index (χ2v) is 3.56. The Morgan fingerprint density at radius 1 is 1.25 bits per heavy atom. The zero-order valence-corrected chi connectivity index (χ0v) is 9.50. The number of halogens is 1. The molecule has 0 aromatic heterocycles. The lowest BCUT2D eigenvalue weighted by Gasteiger charge is -2.26. The molecule has 0 saturated heterocycles. The summed E-state index contributed by atoms with van der Waals surface area (Å²) >= 11 is 0. The molecule has 0 saturated carbocycles. The van der Waals surface area contributed by atoms with E-state index in [9.17, 15) is 0 Å². The first-order valence-corrected chi connectivity index (χ1v) is 5.10. The molecule has 1 N–H and O–H groups in total. The average Bonchev–Trinajstić information content (AvgIpc) is 2.82. The predicted octanol–water partition coefficient (Wildman–Crippen LogP) is 1.25. The van der Waals surface area contributed by atoms with Gasteiger partial charge in [0.15, 0.2) is 17.6 Å². The van der Waals surface area contributed by atoms with Gasteiger partial charge in [-0.15, -0.1) is 12.4 Å². The maximum Gasteiger partial charge on any atom is 0.189 e. The molecular weight excluding hydrogens is 228 g/mol. The number of nitrogens with one attached hydrogen (secondary N) is 1. The maximum absolute atomic E-state index is 5.80. The fraction of sp³-hybridized carbons (Fsp3) is 0.364. The third-order valence-corrected chi connectivity index (χ3v) is 2.51. The molecule has 0 aliphatic carbocycles. The Kier molecular flexibility index (Phi) is 3.19. The van der Waals surface area contributed by atoms with E-state index >= 15 is 0 Å². The highest BCUT2D eigenvalue weighted by Crippen LogP contribution is 2.31. The average molecular weight is 241 g/mol. The molecule has 0 bridgehead atoms. The summed E-state index contributed by atoms with van der Waals surface area (Å²) < 4.78 is 11.4. The van der Waals surface area contributed by atoms with Crippen molar-refractivity contribution in [2.45, 2.75) is 6.10 Å². The van der Waals surface area contributed by atoms with Crippen LogP contribution < -0.4 is 14.8 Å². The number of benzene rings is 1. The summed E-state index contributed by atoms with van der Waals surface area (Å²) in [7, 11) is 0. The van der Waals surface area contributed by atoms with E-state index in [4.69, 9.17) is 9.47 Å². The molecule has 1 atom stereocenters. The molecule has 4 nitrogen and oxygen atoms in total. The first kappa shape index (κ1) is 11.1. The minimum Gasteiger partial charge on any atom is -0.485 e. The summed E-state index contributed by atoms with van der Waals surface area (Å²) in [4.78, 5) is 4.33. The molecule has 2 aliphatic rings. The van der Waals surface area contributed by atoms with Gasteiger partial charge < -0.3 is 14.8 Å². The van der Waals surface area contributed by atoms with Crippen molar-refractivity contribution in [3.8, 4) is 11.5 Å². The SMILES string of the molecule is Cl.c1ccc2c(c1)OC[C@H](C1=NCCN1)O2. The van der Waals surface area contributed by atoms with E-state index in [1.807, 2.05) is 24.3 Å². The number of amidine groups is 1. The van der Waals surface area contributed by atoms with Gasteiger partial charge >= 0.3 is 0 Å². The highest BCUT2D eigenvalue weighted by molar-refractivity contribution is 5.88. The van der Waals surface area contributed by atoms with Gasteiger partial charge in [0.25, 0.3) is 0 Å². The highest BCUT2D eigenvalue weighted by atomic mass is 35.5. The molecule has 1 aromatic carbocycles. The minimum absolute atomic E-state index is 0. The van der Waals surface area contributed by atoms with Crippen LogP contribution in [-0.2, 0) is 0 Å². The number of aliphatic imine (C=N–C) groups is 1. The third-order valence-electron chi connectivity index (χ3n) is 2.51. The van der Waals surface area contributed by atoms with Crippen LogP contribution in [0.3, 0.4) is 0 Å². The van der Waals surface area contributed by atoms with Crippen LogP contribution in [-0.4, -0.2) is 31.6 Å². The normalized spacial score (nSPS) is 21.8. The lowest BCUT2D eigenvalue weighted by atomic mass is 10.2. The Balaban J connectivity index is 0.000000963. The molecule has 0 spiro atoms. The Hall–Kier alpha value is -1.42. The van der Waals surface area contributed by atoms with E-state index in [1.165, 1.54) is 0 Å². The van der Waals surface area contributed by atoms with Crippen LogP contribution in [0.2, 0.25) is 0 Å². The van der Waals surface area contributed by atoms with Crippen molar-refractivity contribution in [1.29, 1.82) is 0 Å². The van der Waals surface area contributed by atoms with Crippen LogP contribution in [0.4, 0.5) is 0 Å². The summed E-state index contributed by atoms with van der Waals surface area (Å²) in [6.07, 6.45) is -0.0811. The smallest absolute Gasteiger partial charge is 0.189 e. The predicted molar refractivity (Wildman–Crippen MR) is 63.9 cm³/mol. The van der Waals surface area contributed by atoms with E-state index in [-0.39, 0.29) is 18.5 Å². The van der Waals surface area contributed by atoms with Crippen molar-refractivity contribution >= 4 is 18.2 Å². The van der Waals surface area contributed by atoms with Gasteiger partial charge in [0.1, 0.15) is 12.4 Å². The fourth-order valence-corrected chi connectivity index (χ4v) is 1.79. The third kappa shape index (κ3) is 1.93. The van der Waals surface area contributed by atoms with Crippen LogP contribution in [0.5, 0.6) is 11.5 Å². The van der Waals surface area contributed by atoms with Gasteiger partial charge in [-0.1, -0.05) is 12.1 Å². The van der Waals surface area contributed by atoms with Crippen molar-refractivity contribution in [3.05, 3.63) is 24.3 Å². The van der Waals surface area contributed by atoms with Crippen molar-refractivity contribution in [1.82, 2.24) is 5.32 Å². The van der Waals surface area contributed by atoms with Crippen LogP contribution in [0.25, 0.3) is 0 Å². The van der Waals surface area contributed by atoms with Crippen LogP contribution in [0.15, 0.2) is 29.3 Å². The van der Waals surface area contributed by atoms with Gasteiger partial charge in [0, 0.05) is 6.54 Å². The van der Waals surface area contributed by atoms with Gasteiger partial charge in [0.05, 0.1) is 6.54 Å². The van der Waals surface area contributed by atoms with Crippen molar-refractivity contribution < 1.29 is 9.47 Å². The Morgan fingerprint density at radius 2 is 2.06 bits per heavy atom. The second-order valence-electron chi connectivity index (χ2n) is 3.56. The fourth-order valence-electron chi connectivity index (χ4n) is 1.79. The lowest BCUT2D eigenvalue weighted by molar-refractivity contribution is 0.133. The zero-order chi connectivity index (χ0) is 10.1. The zero-order valence-electron chi connectivity index (χ0n) is 8.68. The minimum atomic E-state index is -0.0811. The molecule has 16 heavy (non-hydrogen) atoms. The first-order chi connectivity index (χ1) is 7.43. The maximum atomic E-state index is 5.80. The monoisotopic (exact) mass is 240 g/mol. The van der Waals surface area contributed by atoms with Crippen LogP contribution >= 0.6 is 12.4 Å². The molecule has 0 amide bonds. The Bertz CT molecular complexity index is 409. The van der Waals surface area contributed by atoms with Crippen molar-refractivity contribution in [3.63, 3.8) is 0 Å². The molecule has 1 aromatic rings. The van der Waals surface area contributed by atoms with Gasteiger partial charge in [-0.25, -0.2) is 0 Å².